The first-order valence-corrected chi connectivity index (χ1v) is 4.45. The standard InChI is InChI=1S/C12H15N/c1-3-4-10-13(2)11-12-8-6-5-7-9-12/h5-9H,10-11H2,1-2H3. The SMILES string of the molecule is CC#CCN(C)Cc1ccccc1. The maximum atomic E-state index is 3.04. The van der Waals surface area contributed by atoms with Gasteiger partial charge in [-0.25, -0.2) is 0 Å². The predicted octanol–water partition coefficient (Wildman–Crippen LogP) is 2.14. The summed E-state index contributed by atoms with van der Waals surface area (Å²) in [7, 11) is 2.08. The summed E-state index contributed by atoms with van der Waals surface area (Å²) in [5.41, 5.74) is 1.34. The highest BCUT2D eigenvalue weighted by molar-refractivity contribution is 5.14. The minimum Gasteiger partial charge on any atom is -0.291 e. The molecule has 0 unspecified atom stereocenters. The maximum absolute atomic E-state index is 3.04. The van der Waals surface area contributed by atoms with Crippen LogP contribution in [-0.2, 0) is 6.54 Å². The van der Waals surface area contributed by atoms with E-state index >= 15 is 0 Å². The van der Waals surface area contributed by atoms with E-state index in [1.165, 1.54) is 5.56 Å². The predicted molar refractivity (Wildman–Crippen MR) is 56.2 cm³/mol. The lowest BCUT2D eigenvalue weighted by Crippen LogP contribution is -2.17. The molecule has 0 heterocycles. The Morgan fingerprint density at radius 1 is 1.23 bits per heavy atom. The summed E-state index contributed by atoms with van der Waals surface area (Å²) in [6, 6.07) is 10.4. The number of nitrogens with zero attached hydrogens (tertiary/aromatic N) is 1. The fourth-order valence-electron chi connectivity index (χ4n) is 1.17. The Kier molecular flexibility index (Phi) is 4.08. The first-order valence-electron chi connectivity index (χ1n) is 4.45. The van der Waals surface area contributed by atoms with Crippen molar-refractivity contribution in [3.05, 3.63) is 35.9 Å². The molecule has 1 nitrogen and oxygen atoms in total. The van der Waals surface area contributed by atoms with E-state index < -0.39 is 0 Å². The lowest BCUT2D eigenvalue weighted by molar-refractivity contribution is 0.369. The molecule has 0 N–H and O–H groups in total. The fourth-order valence-corrected chi connectivity index (χ4v) is 1.17. The minimum atomic E-state index is 0.839. The van der Waals surface area contributed by atoms with Gasteiger partial charge in [0.05, 0.1) is 6.54 Å². The number of rotatable bonds is 3. The molecule has 0 aliphatic rings. The van der Waals surface area contributed by atoms with Gasteiger partial charge in [-0.15, -0.1) is 5.92 Å². The van der Waals surface area contributed by atoms with Gasteiger partial charge in [0.1, 0.15) is 0 Å². The van der Waals surface area contributed by atoms with Gasteiger partial charge in [0, 0.05) is 6.54 Å². The second-order valence-electron chi connectivity index (χ2n) is 3.08. The molecule has 0 aromatic heterocycles. The van der Waals surface area contributed by atoms with Crippen LogP contribution in [0.25, 0.3) is 0 Å². The molecular weight excluding hydrogens is 158 g/mol. The summed E-state index contributed by atoms with van der Waals surface area (Å²) in [5.74, 6) is 5.94. The largest absolute Gasteiger partial charge is 0.291 e. The molecule has 0 amide bonds. The number of hydrogen-bond donors (Lipinski definition) is 0. The molecule has 0 spiro atoms. The summed E-state index contributed by atoms with van der Waals surface area (Å²) < 4.78 is 0. The van der Waals surface area contributed by atoms with Crippen molar-refractivity contribution in [3.8, 4) is 11.8 Å². The first-order chi connectivity index (χ1) is 6.33. The first kappa shape index (κ1) is 9.83. The van der Waals surface area contributed by atoms with E-state index in [0.29, 0.717) is 0 Å². The van der Waals surface area contributed by atoms with Gasteiger partial charge in [0.2, 0.25) is 0 Å². The molecule has 0 radical (unpaired) electrons. The highest BCUT2D eigenvalue weighted by atomic mass is 15.1. The third kappa shape index (κ3) is 3.78. The number of benzene rings is 1. The van der Waals surface area contributed by atoms with E-state index in [9.17, 15) is 0 Å². The van der Waals surface area contributed by atoms with Gasteiger partial charge in [0.25, 0.3) is 0 Å². The Balaban J connectivity index is 2.44. The molecule has 0 fully saturated rings. The van der Waals surface area contributed by atoms with Crippen LogP contribution in [0.4, 0.5) is 0 Å². The van der Waals surface area contributed by atoms with Crippen LogP contribution in [-0.4, -0.2) is 18.5 Å². The van der Waals surface area contributed by atoms with Crippen LogP contribution in [0.3, 0.4) is 0 Å². The molecule has 0 saturated carbocycles. The quantitative estimate of drug-likeness (QED) is 0.633. The molecule has 68 valence electrons. The van der Waals surface area contributed by atoms with Crippen LogP contribution in [0, 0.1) is 11.8 Å². The van der Waals surface area contributed by atoms with Crippen LogP contribution in [0.2, 0.25) is 0 Å². The van der Waals surface area contributed by atoms with Crippen molar-refractivity contribution in [2.45, 2.75) is 13.5 Å². The molecule has 0 aliphatic carbocycles. The van der Waals surface area contributed by atoms with Crippen LogP contribution in [0.15, 0.2) is 30.3 Å². The molecule has 1 heteroatoms. The van der Waals surface area contributed by atoms with Crippen LogP contribution < -0.4 is 0 Å². The topological polar surface area (TPSA) is 3.24 Å². The molecule has 13 heavy (non-hydrogen) atoms. The molecule has 1 aromatic carbocycles. The van der Waals surface area contributed by atoms with E-state index in [4.69, 9.17) is 0 Å². The van der Waals surface area contributed by atoms with Gasteiger partial charge in [0.15, 0.2) is 0 Å². The smallest absolute Gasteiger partial charge is 0.0601 e. The van der Waals surface area contributed by atoms with Crippen LogP contribution in [0.5, 0.6) is 0 Å². The molecular formula is C12H15N. The molecule has 0 saturated heterocycles. The lowest BCUT2D eigenvalue weighted by atomic mass is 10.2. The van der Waals surface area contributed by atoms with Gasteiger partial charge in [-0.3, -0.25) is 4.90 Å². The zero-order valence-electron chi connectivity index (χ0n) is 8.25. The fraction of sp³-hybridized carbons (Fsp3) is 0.333. The summed E-state index contributed by atoms with van der Waals surface area (Å²) in [6.07, 6.45) is 0. The Morgan fingerprint density at radius 3 is 2.54 bits per heavy atom. The normalized spacial score (nSPS) is 9.46. The maximum Gasteiger partial charge on any atom is 0.0601 e. The summed E-state index contributed by atoms with van der Waals surface area (Å²) >= 11 is 0. The van der Waals surface area contributed by atoms with Crippen molar-refractivity contribution in [3.63, 3.8) is 0 Å². The van der Waals surface area contributed by atoms with Crippen molar-refractivity contribution >= 4 is 0 Å². The van der Waals surface area contributed by atoms with Crippen molar-refractivity contribution in [1.82, 2.24) is 4.90 Å². The molecule has 1 rings (SSSR count). The van der Waals surface area contributed by atoms with Gasteiger partial charge in [-0.2, -0.15) is 0 Å². The van der Waals surface area contributed by atoms with Crippen molar-refractivity contribution in [1.29, 1.82) is 0 Å². The Bertz CT molecular complexity index is 292. The average molecular weight is 173 g/mol. The van der Waals surface area contributed by atoms with E-state index in [2.05, 4.69) is 48.1 Å². The molecule has 0 aliphatic heterocycles. The van der Waals surface area contributed by atoms with E-state index in [-0.39, 0.29) is 0 Å². The monoisotopic (exact) mass is 173 g/mol. The van der Waals surface area contributed by atoms with E-state index in [0.717, 1.165) is 13.1 Å². The van der Waals surface area contributed by atoms with Crippen molar-refractivity contribution < 1.29 is 0 Å². The molecule has 0 bridgehead atoms. The van der Waals surface area contributed by atoms with Gasteiger partial charge in [-0.05, 0) is 19.5 Å². The van der Waals surface area contributed by atoms with Crippen molar-refractivity contribution in [2.75, 3.05) is 13.6 Å². The van der Waals surface area contributed by atoms with E-state index in [1.807, 2.05) is 13.0 Å². The second-order valence-corrected chi connectivity index (χ2v) is 3.08. The Labute approximate surface area is 80.4 Å². The third-order valence-electron chi connectivity index (χ3n) is 1.82. The molecule has 1 aromatic rings. The van der Waals surface area contributed by atoms with Crippen molar-refractivity contribution in [2.24, 2.45) is 0 Å². The summed E-state index contributed by atoms with van der Waals surface area (Å²) in [4.78, 5) is 2.20. The second kappa shape index (κ2) is 5.40. The summed E-state index contributed by atoms with van der Waals surface area (Å²) in [6.45, 7) is 3.68. The van der Waals surface area contributed by atoms with Gasteiger partial charge >= 0.3 is 0 Å². The third-order valence-corrected chi connectivity index (χ3v) is 1.82. The lowest BCUT2D eigenvalue weighted by Gasteiger charge is -2.12. The highest BCUT2D eigenvalue weighted by Gasteiger charge is 1.96. The molecule has 0 atom stereocenters. The minimum absolute atomic E-state index is 0.839. The average Bonchev–Trinajstić information content (AvgIpc) is 2.16. The Hall–Kier alpha value is -1.26. The van der Waals surface area contributed by atoms with Crippen LogP contribution in [0.1, 0.15) is 12.5 Å². The van der Waals surface area contributed by atoms with Gasteiger partial charge < -0.3 is 0 Å². The van der Waals surface area contributed by atoms with E-state index in [1.54, 1.807) is 0 Å². The summed E-state index contributed by atoms with van der Waals surface area (Å²) in [5, 5.41) is 0. The zero-order valence-corrected chi connectivity index (χ0v) is 8.25. The number of hydrogen-bond acceptors (Lipinski definition) is 1. The van der Waals surface area contributed by atoms with Crippen LogP contribution >= 0.6 is 0 Å². The van der Waals surface area contributed by atoms with Gasteiger partial charge in [-0.1, -0.05) is 36.3 Å². The Morgan fingerprint density at radius 2 is 1.92 bits per heavy atom. The zero-order chi connectivity index (χ0) is 9.52. The highest BCUT2D eigenvalue weighted by Crippen LogP contribution is 2.01.